The highest BCUT2D eigenvalue weighted by molar-refractivity contribution is 6.32. The molecule has 0 aliphatic rings. The molecule has 21 heavy (non-hydrogen) atoms. The van der Waals surface area contributed by atoms with Crippen molar-refractivity contribution in [2.45, 2.75) is 19.3 Å². The summed E-state index contributed by atoms with van der Waals surface area (Å²) >= 11 is 5.97. The molecule has 2 aromatic rings. The average molecular weight is 299 g/mol. The highest BCUT2D eigenvalue weighted by Crippen LogP contribution is 2.24. The maximum Gasteiger partial charge on any atom is 0.231 e. The SMILES string of the molecule is CC[C@@H](C(=O)Nc1ccc(C#N)c(Cl)c1)c1ccccc1. The Hall–Kier alpha value is -2.31. The molecule has 0 heterocycles. The van der Waals surface area contributed by atoms with Crippen LogP contribution in [0.4, 0.5) is 5.69 Å². The number of carbonyl (C=O) groups excluding carboxylic acids is 1. The van der Waals surface area contributed by atoms with Crippen molar-refractivity contribution in [3.8, 4) is 6.07 Å². The van der Waals surface area contributed by atoms with Gasteiger partial charge < -0.3 is 5.32 Å². The second-order valence-corrected chi connectivity index (χ2v) is 5.07. The summed E-state index contributed by atoms with van der Waals surface area (Å²) in [6.07, 6.45) is 0.708. The van der Waals surface area contributed by atoms with Crippen LogP contribution < -0.4 is 5.32 Å². The number of anilines is 1. The van der Waals surface area contributed by atoms with Crippen molar-refractivity contribution in [1.82, 2.24) is 0 Å². The Bertz CT molecular complexity index is 677. The topological polar surface area (TPSA) is 52.9 Å². The molecule has 0 saturated carbocycles. The monoisotopic (exact) mass is 298 g/mol. The second kappa shape index (κ2) is 6.92. The van der Waals surface area contributed by atoms with E-state index < -0.39 is 0 Å². The van der Waals surface area contributed by atoms with Gasteiger partial charge in [0, 0.05) is 5.69 Å². The van der Waals surface area contributed by atoms with E-state index in [1.165, 1.54) is 0 Å². The van der Waals surface area contributed by atoms with Crippen molar-refractivity contribution >= 4 is 23.2 Å². The smallest absolute Gasteiger partial charge is 0.231 e. The van der Waals surface area contributed by atoms with Gasteiger partial charge in [-0.15, -0.1) is 0 Å². The number of nitrogens with zero attached hydrogens (tertiary/aromatic N) is 1. The van der Waals surface area contributed by atoms with Gasteiger partial charge in [-0.3, -0.25) is 4.79 Å². The maximum atomic E-state index is 12.4. The lowest BCUT2D eigenvalue weighted by Crippen LogP contribution is -2.20. The Balaban J connectivity index is 2.17. The average Bonchev–Trinajstić information content (AvgIpc) is 2.49. The number of nitrogens with one attached hydrogen (secondary N) is 1. The highest BCUT2D eigenvalue weighted by Gasteiger charge is 2.18. The lowest BCUT2D eigenvalue weighted by atomic mass is 9.95. The highest BCUT2D eigenvalue weighted by atomic mass is 35.5. The van der Waals surface area contributed by atoms with Crippen LogP contribution >= 0.6 is 11.6 Å². The van der Waals surface area contributed by atoms with Gasteiger partial charge in [-0.25, -0.2) is 0 Å². The fraction of sp³-hybridized carbons (Fsp3) is 0.176. The molecule has 0 aliphatic carbocycles. The zero-order valence-electron chi connectivity index (χ0n) is 11.6. The first-order valence-corrected chi connectivity index (χ1v) is 7.09. The van der Waals surface area contributed by atoms with Crippen LogP contribution in [-0.2, 0) is 4.79 Å². The minimum atomic E-state index is -0.208. The van der Waals surface area contributed by atoms with Gasteiger partial charge in [0.05, 0.1) is 16.5 Å². The summed E-state index contributed by atoms with van der Waals surface area (Å²) in [6.45, 7) is 1.98. The third kappa shape index (κ3) is 3.62. The summed E-state index contributed by atoms with van der Waals surface area (Å²) in [5, 5.41) is 12.0. The van der Waals surface area contributed by atoms with Crippen molar-refractivity contribution in [1.29, 1.82) is 5.26 Å². The van der Waals surface area contributed by atoms with E-state index in [0.717, 1.165) is 5.56 Å². The van der Waals surface area contributed by atoms with E-state index in [1.807, 2.05) is 43.3 Å². The molecule has 0 radical (unpaired) electrons. The molecule has 0 fully saturated rings. The first-order valence-electron chi connectivity index (χ1n) is 6.71. The number of halogens is 1. The largest absolute Gasteiger partial charge is 0.326 e. The third-order valence-electron chi connectivity index (χ3n) is 3.28. The van der Waals surface area contributed by atoms with Crippen LogP contribution in [-0.4, -0.2) is 5.91 Å². The van der Waals surface area contributed by atoms with E-state index in [2.05, 4.69) is 5.32 Å². The molecule has 0 saturated heterocycles. The molecular weight excluding hydrogens is 284 g/mol. The summed E-state index contributed by atoms with van der Waals surface area (Å²) in [7, 11) is 0. The Morgan fingerprint density at radius 3 is 2.57 bits per heavy atom. The fourth-order valence-corrected chi connectivity index (χ4v) is 2.39. The van der Waals surface area contributed by atoms with Crippen LogP contribution in [0.3, 0.4) is 0 Å². The molecule has 106 valence electrons. The predicted octanol–water partition coefficient (Wildman–Crippen LogP) is 4.34. The van der Waals surface area contributed by atoms with Crippen molar-refractivity contribution in [3.63, 3.8) is 0 Å². The maximum absolute atomic E-state index is 12.4. The van der Waals surface area contributed by atoms with Crippen LogP contribution in [0.15, 0.2) is 48.5 Å². The molecule has 0 bridgehead atoms. The molecule has 1 N–H and O–H groups in total. The summed E-state index contributed by atoms with van der Waals surface area (Å²) in [6, 6.07) is 16.5. The summed E-state index contributed by atoms with van der Waals surface area (Å²) in [5.41, 5.74) is 1.97. The van der Waals surface area contributed by atoms with Crippen LogP contribution in [0.25, 0.3) is 0 Å². The number of nitriles is 1. The van der Waals surface area contributed by atoms with E-state index in [1.54, 1.807) is 18.2 Å². The molecule has 0 aliphatic heterocycles. The lowest BCUT2D eigenvalue weighted by Gasteiger charge is -2.15. The third-order valence-corrected chi connectivity index (χ3v) is 3.60. The molecule has 0 aromatic heterocycles. The van der Waals surface area contributed by atoms with Gasteiger partial charge in [0.1, 0.15) is 6.07 Å². The van der Waals surface area contributed by atoms with Gasteiger partial charge in [0.25, 0.3) is 0 Å². The number of hydrogen-bond donors (Lipinski definition) is 1. The zero-order chi connectivity index (χ0) is 15.2. The molecule has 3 nitrogen and oxygen atoms in total. The zero-order valence-corrected chi connectivity index (χ0v) is 12.4. The van der Waals surface area contributed by atoms with Crippen LogP contribution in [0.2, 0.25) is 5.02 Å². The van der Waals surface area contributed by atoms with Crippen LogP contribution in [0, 0.1) is 11.3 Å². The summed E-state index contributed by atoms with van der Waals surface area (Å²) in [5.74, 6) is -0.287. The summed E-state index contributed by atoms with van der Waals surface area (Å²) in [4.78, 5) is 12.4. The fourth-order valence-electron chi connectivity index (χ4n) is 2.17. The first-order chi connectivity index (χ1) is 10.2. The van der Waals surface area contributed by atoms with E-state index in [4.69, 9.17) is 16.9 Å². The number of hydrogen-bond acceptors (Lipinski definition) is 2. The molecule has 2 aromatic carbocycles. The van der Waals surface area contributed by atoms with E-state index in [9.17, 15) is 4.79 Å². The van der Waals surface area contributed by atoms with E-state index in [-0.39, 0.29) is 11.8 Å². The second-order valence-electron chi connectivity index (χ2n) is 4.67. The molecule has 0 spiro atoms. The van der Waals surface area contributed by atoms with Crippen molar-refractivity contribution in [2.24, 2.45) is 0 Å². The molecule has 1 atom stereocenters. The molecule has 4 heteroatoms. The Kier molecular flexibility index (Phi) is 4.97. The Morgan fingerprint density at radius 2 is 2.00 bits per heavy atom. The summed E-state index contributed by atoms with van der Waals surface area (Å²) < 4.78 is 0. The Morgan fingerprint density at radius 1 is 1.29 bits per heavy atom. The van der Waals surface area contributed by atoms with Gasteiger partial charge >= 0.3 is 0 Å². The van der Waals surface area contributed by atoms with Gasteiger partial charge in [0.2, 0.25) is 5.91 Å². The first kappa shape index (κ1) is 15.1. The molecular formula is C17H15ClN2O. The van der Waals surface area contributed by atoms with Gasteiger partial charge in [-0.05, 0) is 30.2 Å². The van der Waals surface area contributed by atoms with Crippen molar-refractivity contribution in [2.75, 3.05) is 5.32 Å². The van der Waals surface area contributed by atoms with E-state index in [0.29, 0.717) is 22.7 Å². The van der Waals surface area contributed by atoms with E-state index >= 15 is 0 Å². The molecule has 0 unspecified atom stereocenters. The van der Waals surface area contributed by atoms with Gasteiger partial charge in [-0.1, -0.05) is 48.9 Å². The van der Waals surface area contributed by atoms with Crippen LogP contribution in [0.5, 0.6) is 0 Å². The normalized spacial score (nSPS) is 11.5. The van der Waals surface area contributed by atoms with Crippen LogP contribution in [0.1, 0.15) is 30.4 Å². The van der Waals surface area contributed by atoms with Crippen molar-refractivity contribution < 1.29 is 4.79 Å². The lowest BCUT2D eigenvalue weighted by molar-refractivity contribution is -0.117. The molecule has 1 amide bonds. The number of benzene rings is 2. The Labute approximate surface area is 129 Å². The molecule has 2 rings (SSSR count). The standard InChI is InChI=1S/C17H15ClN2O/c1-2-15(12-6-4-3-5-7-12)17(21)20-14-9-8-13(11-19)16(18)10-14/h3-10,15H,2H2,1H3,(H,20,21)/t15-/m1/s1. The van der Waals surface area contributed by atoms with Gasteiger partial charge in [0.15, 0.2) is 0 Å². The van der Waals surface area contributed by atoms with Gasteiger partial charge in [-0.2, -0.15) is 5.26 Å². The quantitative estimate of drug-likeness (QED) is 0.912. The number of amides is 1. The minimum absolute atomic E-state index is 0.0792. The van der Waals surface area contributed by atoms with Crippen molar-refractivity contribution in [3.05, 3.63) is 64.7 Å². The minimum Gasteiger partial charge on any atom is -0.326 e. The number of carbonyl (C=O) groups is 1. The predicted molar refractivity (Wildman–Crippen MR) is 84.3 cm³/mol. The number of rotatable bonds is 4.